The van der Waals surface area contributed by atoms with Crippen LogP contribution in [0.15, 0.2) is 60.2 Å². The van der Waals surface area contributed by atoms with Crippen LogP contribution in [-0.2, 0) is 11.2 Å². The Morgan fingerprint density at radius 1 is 1.19 bits per heavy atom. The number of aryl methyl sites for hydroxylation is 1. The van der Waals surface area contributed by atoms with Crippen LogP contribution in [0.1, 0.15) is 27.8 Å². The summed E-state index contributed by atoms with van der Waals surface area (Å²) in [5, 5.41) is 12.7. The van der Waals surface area contributed by atoms with Crippen molar-refractivity contribution in [3.63, 3.8) is 0 Å². The number of carbonyl (C=O) groups is 1. The van der Waals surface area contributed by atoms with Crippen molar-refractivity contribution < 1.29 is 13.9 Å². The van der Waals surface area contributed by atoms with Crippen LogP contribution in [-0.4, -0.2) is 13.0 Å². The number of anilines is 1. The molecule has 0 atom stereocenters. The molecular formula is C26H22ClFN2O2. The summed E-state index contributed by atoms with van der Waals surface area (Å²) in [6.45, 7) is 3.86. The minimum absolute atomic E-state index is 0.0677. The molecule has 1 N–H and O–H groups in total. The molecule has 0 radical (unpaired) electrons. The van der Waals surface area contributed by atoms with Crippen LogP contribution in [0.2, 0.25) is 5.02 Å². The highest BCUT2D eigenvalue weighted by Gasteiger charge is 2.15. The second kappa shape index (κ2) is 10.1. The Hall–Kier alpha value is -3.62. The van der Waals surface area contributed by atoms with Crippen LogP contribution in [0.25, 0.3) is 6.08 Å². The first-order valence-electron chi connectivity index (χ1n) is 9.92. The highest BCUT2D eigenvalue weighted by atomic mass is 35.5. The maximum Gasteiger partial charge on any atom is 0.266 e. The second-order valence-electron chi connectivity index (χ2n) is 7.36. The number of rotatable bonds is 6. The fourth-order valence-corrected chi connectivity index (χ4v) is 3.60. The summed E-state index contributed by atoms with van der Waals surface area (Å²) in [7, 11) is 1.51. The fourth-order valence-electron chi connectivity index (χ4n) is 3.31. The number of hydrogen-bond acceptors (Lipinski definition) is 3. The van der Waals surface area contributed by atoms with Crippen molar-refractivity contribution in [1.29, 1.82) is 5.26 Å². The van der Waals surface area contributed by atoms with E-state index in [9.17, 15) is 14.4 Å². The minimum Gasteiger partial charge on any atom is -0.496 e. The fraction of sp³-hybridized carbons (Fsp3) is 0.154. The number of hydrogen-bond donors (Lipinski definition) is 1. The Kier molecular flexibility index (Phi) is 7.29. The van der Waals surface area contributed by atoms with Crippen LogP contribution in [0, 0.1) is 31.0 Å². The molecular weight excluding hydrogens is 427 g/mol. The van der Waals surface area contributed by atoms with E-state index < -0.39 is 5.91 Å². The molecule has 3 aromatic rings. The largest absolute Gasteiger partial charge is 0.496 e. The van der Waals surface area contributed by atoms with Crippen LogP contribution < -0.4 is 10.1 Å². The number of ether oxygens (including phenoxy) is 1. The van der Waals surface area contributed by atoms with E-state index in [1.807, 2.05) is 32.0 Å². The zero-order chi connectivity index (χ0) is 23.3. The molecule has 162 valence electrons. The van der Waals surface area contributed by atoms with Gasteiger partial charge in [0.1, 0.15) is 23.2 Å². The van der Waals surface area contributed by atoms with Crippen molar-refractivity contribution in [2.75, 3.05) is 12.4 Å². The van der Waals surface area contributed by atoms with E-state index in [4.69, 9.17) is 16.3 Å². The van der Waals surface area contributed by atoms with Gasteiger partial charge >= 0.3 is 0 Å². The zero-order valence-electron chi connectivity index (χ0n) is 18.0. The zero-order valence-corrected chi connectivity index (χ0v) is 18.8. The first kappa shape index (κ1) is 23.1. The van der Waals surface area contributed by atoms with Crippen molar-refractivity contribution >= 4 is 29.3 Å². The van der Waals surface area contributed by atoms with Crippen molar-refractivity contribution in [3.8, 4) is 11.8 Å². The van der Waals surface area contributed by atoms with Gasteiger partial charge in [-0.2, -0.15) is 5.26 Å². The van der Waals surface area contributed by atoms with Crippen molar-refractivity contribution in [3.05, 3.63) is 98.8 Å². The van der Waals surface area contributed by atoms with E-state index in [0.29, 0.717) is 34.0 Å². The Bertz CT molecular complexity index is 1250. The number of amides is 1. The molecule has 0 aliphatic rings. The highest BCUT2D eigenvalue weighted by Crippen LogP contribution is 2.32. The van der Waals surface area contributed by atoms with Gasteiger partial charge in [0.25, 0.3) is 5.91 Å². The van der Waals surface area contributed by atoms with Crippen molar-refractivity contribution in [1.82, 2.24) is 0 Å². The highest BCUT2D eigenvalue weighted by molar-refractivity contribution is 6.31. The molecule has 0 bridgehead atoms. The van der Waals surface area contributed by atoms with Crippen LogP contribution >= 0.6 is 11.6 Å². The maximum absolute atomic E-state index is 13.5. The number of nitriles is 1. The van der Waals surface area contributed by atoms with E-state index in [1.54, 1.807) is 30.3 Å². The molecule has 0 spiro atoms. The molecule has 4 nitrogen and oxygen atoms in total. The maximum atomic E-state index is 13.5. The lowest BCUT2D eigenvalue weighted by molar-refractivity contribution is -0.112. The monoisotopic (exact) mass is 448 g/mol. The summed E-state index contributed by atoms with van der Waals surface area (Å²) < 4.78 is 19.0. The van der Waals surface area contributed by atoms with E-state index in [-0.39, 0.29) is 11.4 Å². The van der Waals surface area contributed by atoms with Gasteiger partial charge in [0.2, 0.25) is 0 Å². The first-order valence-corrected chi connectivity index (χ1v) is 10.3. The summed E-state index contributed by atoms with van der Waals surface area (Å²) in [5.41, 5.74) is 4.54. The smallest absolute Gasteiger partial charge is 0.266 e. The number of carbonyl (C=O) groups excluding carboxylic acids is 1. The van der Waals surface area contributed by atoms with Gasteiger partial charge in [0, 0.05) is 22.7 Å². The molecule has 0 unspecified atom stereocenters. The van der Waals surface area contributed by atoms with Gasteiger partial charge in [-0.25, -0.2) is 4.39 Å². The van der Waals surface area contributed by atoms with E-state index in [1.165, 1.54) is 25.3 Å². The number of halogens is 2. The average Bonchev–Trinajstić information content (AvgIpc) is 2.76. The number of nitrogens with zero attached hydrogens (tertiary/aromatic N) is 1. The molecule has 32 heavy (non-hydrogen) atoms. The summed E-state index contributed by atoms with van der Waals surface area (Å²) >= 11 is 6.49. The number of methoxy groups -OCH3 is 1. The van der Waals surface area contributed by atoms with Gasteiger partial charge < -0.3 is 10.1 Å². The van der Waals surface area contributed by atoms with Gasteiger partial charge in [0.15, 0.2) is 0 Å². The van der Waals surface area contributed by atoms with Crippen molar-refractivity contribution in [2.24, 2.45) is 0 Å². The van der Waals surface area contributed by atoms with E-state index in [0.717, 1.165) is 16.7 Å². The molecule has 0 aliphatic carbocycles. The topological polar surface area (TPSA) is 62.1 Å². The lowest BCUT2D eigenvalue weighted by Gasteiger charge is -2.13. The third-order valence-corrected chi connectivity index (χ3v) is 5.53. The third kappa shape index (κ3) is 5.35. The van der Waals surface area contributed by atoms with Gasteiger partial charge in [0.05, 0.1) is 7.11 Å². The predicted octanol–water partition coefficient (Wildman–Crippen LogP) is 6.24. The average molecular weight is 449 g/mol. The molecule has 0 saturated carbocycles. The molecule has 0 heterocycles. The molecule has 3 rings (SSSR count). The minimum atomic E-state index is -0.514. The second-order valence-corrected chi connectivity index (χ2v) is 7.77. The summed E-state index contributed by atoms with van der Waals surface area (Å²) in [6, 6.07) is 17.1. The standard InChI is InChI=1S/C26H22ClFN2O2/c1-16-6-4-9-24(17(16)2)30-26(31)20(15-29)10-19-13-23(27)22(25(14-19)32-3)12-18-7-5-8-21(28)11-18/h4-11,13-14H,12H2,1-3H3,(H,30,31)/b20-10+. The Morgan fingerprint density at radius 2 is 1.94 bits per heavy atom. The Labute approximate surface area is 191 Å². The van der Waals surface area contributed by atoms with Gasteiger partial charge in [-0.15, -0.1) is 0 Å². The normalized spacial score (nSPS) is 11.1. The van der Waals surface area contributed by atoms with Gasteiger partial charge in [-0.05, 0) is 72.5 Å². The molecule has 0 aliphatic heterocycles. The summed E-state index contributed by atoms with van der Waals surface area (Å²) in [4.78, 5) is 12.7. The molecule has 1 amide bonds. The van der Waals surface area contributed by atoms with Gasteiger partial charge in [-0.3, -0.25) is 4.79 Å². The van der Waals surface area contributed by atoms with E-state index in [2.05, 4.69) is 5.32 Å². The Balaban J connectivity index is 1.90. The number of benzene rings is 3. The SMILES string of the molecule is COc1cc(/C=C(\C#N)C(=O)Nc2cccc(C)c2C)cc(Cl)c1Cc1cccc(F)c1. The third-order valence-electron chi connectivity index (χ3n) is 5.20. The lowest BCUT2D eigenvalue weighted by Crippen LogP contribution is -2.14. The predicted molar refractivity (Wildman–Crippen MR) is 125 cm³/mol. The van der Waals surface area contributed by atoms with Crippen LogP contribution in [0.5, 0.6) is 5.75 Å². The van der Waals surface area contributed by atoms with E-state index >= 15 is 0 Å². The summed E-state index contributed by atoms with van der Waals surface area (Å²) in [6.07, 6.45) is 1.84. The molecule has 6 heteroatoms. The molecule has 3 aromatic carbocycles. The van der Waals surface area contributed by atoms with Crippen LogP contribution in [0.3, 0.4) is 0 Å². The molecule has 0 aromatic heterocycles. The Morgan fingerprint density at radius 3 is 2.62 bits per heavy atom. The molecule has 0 saturated heterocycles. The van der Waals surface area contributed by atoms with Gasteiger partial charge in [-0.1, -0.05) is 35.9 Å². The van der Waals surface area contributed by atoms with Crippen molar-refractivity contribution in [2.45, 2.75) is 20.3 Å². The lowest BCUT2D eigenvalue weighted by atomic mass is 10.0. The quantitative estimate of drug-likeness (QED) is 0.358. The summed E-state index contributed by atoms with van der Waals surface area (Å²) in [5.74, 6) is -0.356. The number of nitrogens with one attached hydrogen (secondary N) is 1. The van der Waals surface area contributed by atoms with Crippen LogP contribution in [0.4, 0.5) is 10.1 Å². The molecule has 0 fully saturated rings. The first-order chi connectivity index (χ1) is 15.3.